The molecule has 0 aromatic heterocycles. The van der Waals surface area contributed by atoms with Crippen LogP contribution in [0.5, 0.6) is 5.75 Å². The van der Waals surface area contributed by atoms with Crippen LogP contribution in [0.15, 0.2) is 23.2 Å². The van der Waals surface area contributed by atoms with Crippen molar-refractivity contribution in [1.29, 1.82) is 5.26 Å². The Morgan fingerprint density at radius 2 is 2.17 bits per heavy atom. The quantitative estimate of drug-likeness (QED) is 0.366. The van der Waals surface area contributed by atoms with Gasteiger partial charge in [0.15, 0.2) is 0 Å². The number of ether oxygens (including phenoxy) is 1. The Morgan fingerprint density at radius 1 is 1.39 bits per heavy atom. The summed E-state index contributed by atoms with van der Waals surface area (Å²) in [4.78, 5) is 3.71. The number of rotatable bonds is 4. The van der Waals surface area contributed by atoms with Gasteiger partial charge in [0, 0.05) is 5.75 Å². The fraction of sp³-hybridized carbons (Fsp3) is 0.385. The van der Waals surface area contributed by atoms with Gasteiger partial charge in [-0.15, -0.1) is 11.8 Å². The Bertz CT molecular complexity index is 467. The molecule has 0 saturated heterocycles. The van der Waals surface area contributed by atoms with Crippen LogP contribution in [0.1, 0.15) is 11.1 Å². The number of aryl methyl sites for hydroxylation is 2. The highest BCUT2D eigenvalue weighted by Gasteiger charge is 2.00. The van der Waals surface area contributed by atoms with Crippen LogP contribution in [-0.2, 0) is 0 Å². The monoisotopic (exact) mass is 280 g/mol. The normalized spacial score (nSPS) is 11.1. The first-order valence-corrected chi connectivity index (χ1v) is 7.72. The number of nitriles is 1. The Labute approximate surface area is 117 Å². The molecule has 1 rings (SSSR count). The van der Waals surface area contributed by atoms with Crippen molar-refractivity contribution in [1.82, 2.24) is 0 Å². The van der Waals surface area contributed by atoms with Crippen LogP contribution in [-0.4, -0.2) is 23.0 Å². The number of hydrogen-bond donors (Lipinski definition) is 0. The fourth-order valence-electron chi connectivity index (χ4n) is 1.27. The van der Waals surface area contributed by atoms with Gasteiger partial charge in [-0.05, 0) is 43.4 Å². The van der Waals surface area contributed by atoms with E-state index in [1.165, 1.54) is 34.7 Å². The van der Waals surface area contributed by atoms with Crippen LogP contribution in [0, 0.1) is 25.3 Å². The van der Waals surface area contributed by atoms with Crippen molar-refractivity contribution >= 4 is 27.9 Å². The Morgan fingerprint density at radius 3 is 2.78 bits per heavy atom. The summed E-state index contributed by atoms with van der Waals surface area (Å²) in [5, 5.41) is 8.46. The minimum Gasteiger partial charge on any atom is -0.493 e. The van der Waals surface area contributed by atoms with E-state index in [2.05, 4.69) is 24.9 Å². The predicted molar refractivity (Wildman–Crippen MR) is 80.4 cm³/mol. The van der Waals surface area contributed by atoms with Crippen LogP contribution < -0.4 is 4.74 Å². The molecule has 0 N–H and O–H groups in total. The van der Waals surface area contributed by atoms with Crippen molar-refractivity contribution in [2.24, 2.45) is 4.99 Å². The van der Waals surface area contributed by atoms with Gasteiger partial charge in [-0.1, -0.05) is 17.8 Å². The third kappa shape index (κ3) is 5.03. The van der Waals surface area contributed by atoms with Gasteiger partial charge in [0.05, 0.1) is 6.61 Å². The maximum absolute atomic E-state index is 8.46. The van der Waals surface area contributed by atoms with E-state index in [4.69, 9.17) is 10.00 Å². The smallest absolute Gasteiger partial charge is 0.207 e. The van der Waals surface area contributed by atoms with Crippen molar-refractivity contribution in [2.45, 2.75) is 13.8 Å². The Hall–Kier alpha value is -1.12. The average Bonchev–Trinajstić information content (AvgIpc) is 2.37. The highest BCUT2D eigenvalue weighted by Crippen LogP contribution is 2.18. The highest BCUT2D eigenvalue weighted by molar-refractivity contribution is 8.38. The lowest BCUT2D eigenvalue weighted by Gasteiger charge is -2.08. The van der Waals surface area contributed by atoms with Crippen molar-refractivity contribution < 1.29 is 4.74 Å². The maximum Gasteiger partial charge on any atom is 0.207 e. The lowest BCUT2D eigenvalue weighted by atomic mass is 10.1. The summed E-state index contributed by atoms with van der Waals surface area (Å²) >= 11 is 3.02. The molecule has 0 saturated carbocycles. The molecule has 5 heteroatoms. The molecule has 0 unspecified atom stereocenters. The molecule has 0 radical (unpaired) electrons. The minimum absolute atomic E-state index is 0.609. The summed E-state index contributed by atoms with van der Waals surface area (Å²) in [6.45, 7) is 4.76. The summed E-state index contributed by atoms with van der Waals surface area (Å²) < 4.78 is 6.43. The molecule has 96 valence electrons. The van der Waals surface area contributed by atoms with E-state index in [0.29, 0.717) is 6.61 Å². The van der Waals surface area contributed by atoms with Gasteiger partial charge in [-0.25, -0.2) is 0 Å². The van der Waals surface area contributed by atoms with E-state index in [1.54, 1.807) is 6.19 Å². The first-order chi connectivity index (χ1) is 8.67. The average molecular weight is 280 g/mol. The first-order valence-electron chi connectivity index (χ1n) is 5.51. The number of nitrogens with zero attached hydrogens (tertiary/aromatic N) is 2. The maximum atomic E-state index is 8.46. The van der Waals surface area contributed by atoms with Gasteiger partial charge in [-0.3, -0.25) is 0 Å². The Kier molecular flexibility index (Phi) is 6.69. The summed E-state index contributed by atoms with van der Waals surface area (Å²) in [7, 11) is 0. The molecule has 0 aliphatic carbocycles. The zero-order valence-electron chi connectivity index (χ0n) is 10.8. The molecule has 18 heavy (non-hydrogen) atoms. The van der Waals surface area contributed by atoms with Gasteiger partial charge in [0.25, 0.3) is 0 Å². The topological polar surface area (TPSA) is 45.4 Å². The van der Waals surface area contributed by atoms with Crippen molar-refractivity contribution in [3.63, 3.8) is 0 Å². The standard InChI is InChI=1S/C13H16N2OS2/c1-10-4-5-12(8-11(10)2)16-6-7-18-13(17-3)15-9-14/h4-5,8H,6-7H2,1-3H3. The van der Waals surface area contributed by atoms with E-state index < -0.39 is 0 Å². The van der Waals surface area contributed by atoms with Crippen LogP contribution in [0.2, 0.25) is 0 Å². The molecule has 0 heterocycles. The van der Waals surface area contributed by atoms with E-state index in [9.17, 15) is 0 Å². The lowest BCUT2D eigenvalue weighted by Crippen LogP contribution is -2.02. The van der Waals surface area contributed by atoms with Crippen molar-refractivity contribution in [3.8, 4) is 11.9 Å². The van der Waals surface area contributed by atoms with E-state index in [-0.39, 0.29) is 0 Å². The molecule has 1 aromatic carbocycles. The predicted octanol–water partition coefficient (Wildman–Crippen LogP) is 3.62. The third-order valence-electron chi connectivity index (χ3n) is 2.37. The molecule has 3 nitrogen and oxygen atoms in total. The van der Waals surface area contributed by atoms with Gasteiger partial charge >= 0.3 is 0 Å². The second kappa shape index (κ2) is 8.06. The Balaban J connectivity index is 2.36. The number of thioether (sulfide) groups is 2. The van der Waals surface area contributed by atoms with E-state index in [0.717, 1.165) is 15.9 Å². The molecule has 0 aliphatic heterocycles. The van der Waals surface area contributed by atoms with E-state index >= 15 is 0 Å². The van der Waals surface area contributed by atoms with Crippen molar-refractivity contribution in [2.75, 3.05) is 18.6 Å². The van der Waals surface area contributed by atoms with Gasteiger partial charge < -0.3 is 4.74 Å². The zero-order chi connectivity index (χ0) is 13.4. The summed E-state index contributed by atoms with van der Waals surface area (Å²) in [5.74, 6) is 1.68. The molecule has 0 spiro atoms. The van der Waals surface area contributed by atoms with E-state index in [1.807, 2.05) is 18.4 Å². The van der Waals surface area contributed by atoms with Gasteiger partial charge in [0.2, 0.25) is 6.19 Å². The molecular formula is C13H16N2OS2. The van der Waals surface area contributed by atoms with Crippen LogP contribution in [0.3, 0.4) is 0 Å². The SMILES string of the molecule is CSC(=NC#N)SCCOc1ccc(C)c(C)c1. The molecule has 0 fully saturated rings. The number of aliphatic imine (C=N–C) groups is 1. The molecule has 0 amide bonds. The minimum atomic E-state index is 0.609. The third-order valence-corrected chi connectivity index (χ3v) is 4.37. The van der Waals surface area contributed by atoms with Crippen LogP contribution in [0.25, 0.3) is 0 Å². The molecule has 1 aromatic rings. The van der Waals surface area contributed by atoms with Gasteiger partial charge in [0.1, 0.15) is 10.1 Å². The number of hydrogen-bond acceptors (Lipinski definition) is 5. The van der Waals surface area contributed by atoms with Gasteiger partial charge in [-0.2, -0.15) is 10.3 Å². The molecule has 0 atom stereocenters. The summed E-state index contributed by atoms with van der Waals surface area (Å²) in [6.07, 6.45) is 3.71. The molecule has 0 aliphatic rings. The first kappa shape index (κ1) is 14.9. The molecular weight excluding hydrogens is 264 g/mol. The van der Waals surface area contributed by atoms with Crippen LogP contribution >= 0.6 is 23.5 Å². The second-order valence-electron chi connectivity index (χ2n) is 3.62. The largest absolute Gasteiger partial charge is 0.493 e. The van der Waals surface area contributed by atoms with Crippen molar-refractivity contribution in [3.05, 3.63) is 29.3 Å². The lowest BCUT2D eigenvalue weighted by molar-refractivity contribution is 0.344. The summed E-state index contributed by atoms with van der Waals surface area (Å²) in [6, 6.07) is 6.08. The fourth-order valence-corrected chi connectivity index (χ4v) is 2.57. The molecule has 0 bridgehead atoms. The number of benzene rings is 1. The van der Waals surface area contributed by atoms with Crippen LogP contribution in [0.4, 0.5) is 0 Å². The summed E-state index contributed by atoms with van der Waals surface area (Å²) in [5.41, 5.74) is 2.50. The second-order valence-corrected chi connectivity index (χ2v) is 5.76. The zero-order valence-corrected chi connectivity index (χ0v) is 12.4. The highest BCUT2D eigenvalue weighted by atomic mass is 32.2.